The number of benzene rings is 1. The Hall–Kier alpha value is -1.69. The molecule has 0 aliphatic heterocycles. The number of anilines is 1. The highest BCUT2D eigenvalue weighted by atomic mass is 19.1. The maximum absolute atomic E-state index is 13.7. The van der Waals surface area contributed by atoms with Crippen LogP contribution in [0.25, 0.3) is 0 Å². The molecule has 1 N–H and O–H groups in total. The average molecular weight is 299 g/mol. The number of hydrogen-bond donors (Lipinski definition) is 1. The highest BCUT2D eigenvalue weighted by molar-refractivity contribution is 5.94. The van der Waals surface area contributed by atoms with Gasteiger partial charge in [-0.05, 0) is 46.1 Å². The lowest BCUT2D eigenvalue weighted by Crippen LogP contribution is -2.33. The molecule has 0 atom stereocenters. The smallest absolute Gasteiger partial charge is 0.254 e. The minimum Gasteiger partial charge on any atom is -0.383 e. The molecule has 0 bridgehead atoms. The summed E-state index contributed by atoms with van der Waals surface area (Å²) in [6, 6.07) is 2.15. The lowest BCUT2D eigenvalue weighted by molar-refractivity contribution is 0.0758. The first-order chi connectivity index (χ1) is 9.90. The molecule has 0 aliphatic rings. The van der Waals surface area contributed by atoms with E-state index in [0.29, 0.717) is 13.1 Å². The topological polar surface area (TPSA) is 35.6 Å². The summed E-state index contributed by atoms with van der Waals surface area (Å²) in [5, 5.41) is 2.44. The Bertz CT molecular complexity index is 469. The van der Waals surface area contributed by atoms with E-state index in [-0.39, 0.29) is 17.2 Å². The number of amides is 1. The Kier molecular flexibility index (Phi) is 6.55. The van der Waals surface area contributed by atoms with Crippen LogP contribution < -0.4 is 5.32 Å². The van der Waals surface area contributed by atoms with Crippen LogP contribution in [0.3, 0.4) is 0 Å². The number of rotatable bonds is 7. The third kappa shape index (κ3) is 4.67. The predicted molar refractivity (Wildman–Crippen MR) is 80.7 cm³/mol. The van der Waals surface area contributed by atoms with E-state index in [2.05, 4.69) is 5.32 Å². The van der Waals surface area contributed by atoms with Crippen LogP contribution in [0.2, 0.25) is 0 Å². The zero-order valence-electron chi connectivity index (χ0n) is 13.0. The van der Waals surface area contributed by atoms with Crippen molar-refractivity contribution in [3.05, 3.63) is 29.3 Å². The van der Waals surface area contributed by atoms with E-state index in [9.17, 15) is 13.6 Å². The number of hydrogen-bond acceptors (Lipinski definition) is 3. The summed E-state index contributed by atoms with van der Waals surface area (Å²) in [6.45, 7) is 3.77. The van der Waals surface area contributed by atoms with Gasteiger partial charge < -0.3 is 15.1 Å². The Morgan fingerprint density at radius 1 is 1.19 bits per heavy atom. The van der Waals surface area contributed by atoms with E-state index in [4.69, 9.17) is 0 Å². The fourth-order valence-electron chi connectivity index (χ4n) is 2.10. The first-order valence-corrected chi connectivity index (χ1v) is 7.01. The Morgan fingerprint density at radius 2 is 1.76 bits per heavy atom. The van der Waals surface area contributed by atoms with Gasteiger partial charge in [0.05, 0.1) is 0 Å². The summed E-state index contributed by atoms with van der Waals surface area (Å²) < 4.78 is 27.4. The normalized spacial score (nSPS) is 10.8. The van der Waals surface area contributed by atoms with Gasteiger partial charge >= 0.3 is 0 Å². The van der Waals surface area contributed by atoms with Crippen molar-refractivity contribution in [2.45, 2.75) is 13.3 Å². The molecule has 0 spiro atoms. The third-order valence-corrected chi connectivity index (χ3v) is 3.24. The Labute approximate surface area is 124 Å². The summed E-state index contributed by atoms with van der Waals surface area (Å²) in [5.74, 6) is -1.87. The Balaban J connectivity index is 2.85. The van der Waals surface area contributed by atoms with Gasteiger partial charge in [-0.15, -0.1) is 0 Å². The van der Waals surface area contributed by atoms with E-state index in [0.717, 1.165) is 25.1 Å². The lowest BCUT2D eigenvalue weighted by atomic mass is 10.1. The van der Waals surface area contributed by atoms with Crippen LogP contribution in [0.1, 0.15) is 23.7 Å². The van der Waals surface area contributed by atoms with E-state index < -0.39 is 11.6 Å². The first kappa shape index (κ1) is 17.4. The van der Waals surface area contributed by atoms with Crippen LogP contribution in [0, 0.1) is 11.6 Å². The molecule has 1 amide bonds. The molecule has 1 rings (SSSR count). The summed E-state index contributed by atoms with van der Waals surface area (Å²) in [6.07, 6.45) is 0.812. The second-order valence-corrected chi connectivity index (χ2v) is 5.11. The van der Waals surface area contributed by atoms with Gasteiger partial charge in [-0.3, -0.25) is 4.79 Å². The fraction of sp³-hybridized carbons (Fsp3) is 0.533. The van der Waals surface area contributed by atoms with Crippen LogP contribution in [0.5, 0.6) is 0 Å². The molecule has 0 unspecified atom stereocenters. The maximum Gasteiger partial charge on any atom is 0.254 e. The molecule has 0 saturated heterocycles. The molecule has 21 heavy (non-hydrogen) atoms. The molecule has 0 saturated carbocycles. The van der Waals surface area contributed by atoms with Crippen molar-refractivity contribution in [3.63, 3.8) is 0 Å². The molecule has 0 radical (unpaired) electrons. The van der Waals surface area contributed by atoms with Gasteiger partial charge in [0.15, 0.2) is 0 Å². The average Bonchev–Trinajstić information content (AvgIpc) is 2.42. The minimum absolute atomic E-state index is 0.0377. The van der Waals surface area contributed by atoms with E-state index in [1.807, 2.05) is 25.9 Å². The molecule has 0 fully saturated rings. The Morgan fingerprint density at radius 3 is 2.19 bits per heavy atom. The molecule has 0 aromatic heterocycles. The fourth-order valence-corrected chi connectivity index (χ4v) is 2.10. The number of carbonyl (C=O) groups excluding carboxylic acids is 1. The van der Waals surface area contributed by atoms with Crippen molar-refractivity contribution in [3.8, 4) is 0 Å². The van der Waals surface area contributed by atoms with Crippen molar-refractivity contribution >= 4 is 11.6 Å². The summed E-state index contributed by atoms with van der Waals surface area (Å²) in [5.41, 5.74) is -0.182. The quantitative estimate of drug-likeness (QED) is 0.840. The SMILES string of the molecule is CCN(CCCN(C)C)C(=O)c1cc(F)c(NC)c(F)c1. The predicted octanol–water partition coefficient (Wildman–Crippen LogP) is 2.42. The standard InChI is InChI=1S/C15H23F2N3O/c1-5-20(8-6-7-19(3)4)15(21)11-9-12(16)14(18-2)13(17)10-11/h9-10,18H,5-8H2,1-4H3. The van der Waals surface area contributed by atoms with Crippen molar-refractivity contribution in [2.24, 2.45) is 0 Å². The van der Waals surface area contributed by atoms with Crippen molar-refractivity contribution in [1.82, 2.24) is 9.80 Å². The van der Waals surface area contributed by atoms with Crippen molar-refractivity contribution in [1.29, 1.82) is 0 Å². The number of halogens is 2. The van der Waals surface area contributed by atoms with Crippen LogP contribution in [-0.2, 0) is 0 Å². The van der Waals surface area contributed by atoms with Crippen molar-refractivity contribution in [2.75, 3.05) is 46.1 Å². The summed E-state index contributed by atoms with van der Waals surface area (Å²) in [4.78, 5) is 15.9. The van der Waals surface area contributed by atoms with Crippen LogP contribution in [0.4, 0.5) is 14.5 Å². The molecular formula is C15H23F2N3O. The van der Waals surface area contributed by atoms with Crippen molar-refractivity contribution < 1.29 is 13.6 Å². The molecule has 1 aromatic rings. The van der Waals surface area contributed by atoms with E-state index in [1.165, 1.54) is 7.05 Å². The zero-order chi connectivity index (χ0) is 16.0. The zero-order valence-corrected chi connectivity index (χ0v) is 13.0. The van der Waals surface area contributed by atoms with Gasteiger partial charge in [0.2, 0.25) is 0 Å². The molecule has 118 valence electrons. The number of nitrogens with one attached hydrogen (secondary N) is 1. The van der Waals surface area contributed by atoms with Crippen LogP contribution in [-0.4, -0.2) is 56.5 Å². The highest BCUT2D eigenvalue weighted by Crippen LogP contribution is 2.21. The highest BCUT2D eigenvalue weighted by Gasteiger charge is 2.18. The molecule has 0 aliphatic carbocycles. The number of carbonyl (C=O) groups is 1. The second kappa shape index (κ2) is 7.93. The molecule has 0 heterocycles. The van der Waals surface area contributed by atoms with E-state index in [1.54, 1.807) is 4.90 Å². The second-order valence-electron chi connectivity index (χ2n) is 5.11. The summed E-state index contributed by atoms with van der Waals surface area (Å²) >= 11 is 0. The lowest BCUT2D eigenvalue weighted by Gasteiger charge is -2.22. The molecular weight excluding hydrogens is 276 g/mol. The minimum atomic E-state index is -0.759. The maximum atomic E-state index is 13.7. The summed E-state index contributed by atoms with van der Waals surface area (Å²) in [7, 11) is 5.35. The number of nitrogens with zero attached hydrogens (tertiary/aromatic N) is 2. The van der Waals surface area contributed by atoms with E-state index >= 15 is 0 Å². The van der Waals surface area contributed by atoms with Crippen LogP contribution >= 0.6 is 0 Å². The molecule has 1 aromatic carbocycles. The van der Waals surface area contributed by atoms with Gasteiger partial charge in [-0.25, -0.2) is 8.78 Å². The van der Waals surface area contributed by atoms with Gasteiger partial charge in [-0.1, -0.05) is 0 Å². The van der Waals surface area contributed by atoms with Gasteiger partial charge in [-0.2, -0.15) is 0 Å². The molecule has 6 heteroatoms. The van der Waals surface area contributed by atoms with Gasteiger partial charge in [0.1, 0.15) is 17.3 Å². The molecule has 4 nitrogen and oxygen atoms in total. The first-order valence-electron chi connectivity index (χ1n) is 7.01. The van der Waals surface area contributed by atoms with Gasteiger partial charge in [0.25, 0.3) is 5.91 Å². The van der Waals surface area contributed by atoms with Gasteiger partial charge in [0, 0.05) is 25.7 Å². The third-order valence-electron chi connectivity index (χ3n) is 3.24. The largest absolute Gasteiger partial charge is 0.383 e. The van der Waals surface area contributed by atoms with Crippen LogP contribution in [0.15, 0.2) is 12.1 Å². The monoisotopic (exact) mass is 299 g/mol.